The molecule has 1 saturated carbocycles. The molecule has 0 aliphatic heterocycles. The Morgan fingerprint density at radius 1 is 0.971 bits per heavy atom. The number of ether oxygens (including phenoxy) is 2. The SMILES string of the molecule is O=C(O)CC1(NC(=O)COCCNC(=O)OCC2c3ccccc3-c3ccccc32)CCCC1. The first-order valence-electron chi connectivity index (χ1n) is 11.7. The third kappa shape index (κ3) is 5.56. The second kappa shape index (κ2) is 10.7. The first-order valence-corrected chi connectivity index (χ1v) is 11.7. The maximum atomic E-state index is 12.2. The largest absolute Gasteiger partial charge is 0.481 e. The molecule has 0 spiro atoms. The lowest BCUT2D eigenvalue weighted by atomic mass is 9.93. The standard InChI is InChI=1S/C26H30N2O6/c29-23(28-26(15-24(30)31)11-5-6-12-26)17-33-14-13-27-25(32)34-16-22-20-9-3-1-7-18(20)19-8-2-4-10-21(19)22/h1-4,7-10,22H,5-6,11-17H2,(H,27,32)(H,28,29)(H,30,31). The number of carbonyl (C=O) groups excluding carboxylic acids is 2. The number of hydrogen-bond donors (Lipinski definition) is 3. The van der Waals surface area contributed by atoms with Gasteiger partial charge in [-0.25, -0.2) is 4.79 Å². The van der Waals surface area contributed by atoms with Crippen molar-refractivity contribution in [1.29, 1.82) is 0 Å². The first-order chi connectivity index (χ1) is 16.5. The Morgan fingerprint density at radius 2 is 1.59 bits per heavy atom. The summed E-state index contributed by atoms with van der Waals surface area (Å²) in [6, 6.07) is 16.3. The predicted molar refractivity (Wildman–Crippen MR) is 125 cm³/mol. The summed E-state index contributed by atoms with van der Waals surface area (Å²) in [6.45, 7) is 0.385. The highest BCUT2D eigenvalue weighted by Crippen LogP contribution is 2.44. The maximum Gasteiger partial charge on any atom is 0.407 e. The van der Waals surface area contributed by atoms with E-state index in [0.717, 1.165) is 24.0 Å². The molecule has 0 aromatic heterocycles. The van der Waals surface area contributed by atoms with Gasteiger partial charge in [0.05, 0.1) is 18.6 Å². The molecule has 8 nitrogen and oxygen atoms in total. The molecule has 3 N–H and O–H groups in total. The van der Waals surface area contributed by atoms with E-state index >= 15 is 0 Å². The fourth-order valence-corrected chi connectivity index (χ4v) is 5.06. The van der Waals surface area contributed by atoms with Crippen LogP contribution in [0.15, 0.2) is 48.5 Å². The molecular formula is C26H30N2O6. The van der Waals surface area contributed by atoms with Crippen LogP contribution < -0.4 is 10.6 Å². The average Bonchev–Trinajstić information content (AvgIpc) is 3.39. The molecule has 0 unspecified atom stereocenters. The van der Waals surface area contributed by atoms with Crippen LogP contribution in [0.1, 0.15) is 49.1 Å². The molecule has 4 rings (SSSR count). The van der Waals surface area contributed by atoms with Gasteiger partial charge in [-0.2, -0.15) is 0 Å². The van der Waals surface area contributed by atoms with Crippen molar-refractivity contribution in [2.45, 2.75) is 43.6 Å². The molecule has 0 saturated heterocycles. The molecule has 1 fully saturated rings. The molecule has 34 heavy (non-hydrogen) atoms. The summed E-state index contributed by atoms with van der Waals surface area (Å²) in [5.74, 6) is -1.27. The molecule has 0 heterocycles. The minimum Gasteiger partial charge on any atom is -0.481 e. The molecule has 2 aliphatic rings. The Bertz CT molecular complexity index is 1000. The number of fused-ring (bicyclic) bond motifs is 3. The van der Waals surface area contributed by atoms with Gasteiger partial charge in [0, 0.05) is 12.5 Å². The van der Waals surface area contributed by atoms with Gasteiger partial charge in [-0.3, -0.25) is 9.59 Å². The Hall–Kier alpha value is -3.39. The van der Waals surface area contributed by atoms with Crippen molar-refractivity contribution in [1.82, 2.24) is 10.6 Å². The Morgan fingerprint density at radius 3 is 2.21 bits per heavy atom. The summed E-state index contributed by atoms with van der Waals surface area (Å²) in [5.41, 5.74) is 3.96. The summed E-state index contributed by atoms with van der Waals surface area (Å²) in [6.07, 6.45) is 2.50. The summed E-state index contributed by atoms with van der Waals surface area (Å²) in [4.78, 5) is 35.5. The minimum atomic E-state index is -0.921. The topological polar surface area (TPSA) is 114 Å². The lowest BCUT2D eigenvalue weighted by Gasteiger charge is -2.28. The number of nitrogens with one attached hydrogen (secondary N) is 2. The zero-order chi connectivity index (χ0) is 24.0. The molecule has 0 atom stereocenters. The molecule has 2 aromatic rings. The quantitative estimate of drug-likeness (QED) is 0.462. The zero-order valence-electron chi connectivity index (χ0n) is 19.0. The highest BCUT2D eigenvalue weighted by Gasteiger charge is 2.37. The summed E-state index contributed by atoms with van der Waals surface area (Å²) < 4.78 is 10.8. The van der Waals surface area contributed by atoms with Gasteiger partial charge in [-0.05, 0) is 35.1 Å². The fourth-order valence-electron chi connectivity index (χ4n) is 5.06. The van der Waals surface area contributed by atoms with E-state index in [-0.39, 0.29) is 44.6 Å². The van der Waals surface area contributed by atoms with Crippen LogP contribution in [-0.2, 0) is 19.1 Å². The fraction of sp³-hybridized carbons (Fsp3) is 0.423. The molecule has 0 radical (unpaired) electrons. The van der Waals surface area contributed by atoms with Gasteiger partial charge in [0.15, 0.2) is 0 Å². The summed E-state index contributed by atoms with van der Waals surface area (Å²) in [5, 5.41) is 14.6. The Labute approximate surface area is 198 Å². The number of carboxylic acids is 1. The van der Waals surface area contributed by atoms with Gasteiger partial charge in [0.2, 0.25) is 5.91 Å². The van der Waals surface area contributed by atoms with Crippen molar-refractivity contribution in [3.63, 3.8) is 0 Å². The van der Waals surface area contributed by atoms with Crippen LogP contribution in [-0.4, -0.2) is 55.0 Å². The van der Waals surface area contributed by atoms with Crippen LogP contribution in [0.3, 0.4) is 0 Å². The number of aliphatic carboxylic acids is 1. The molecule has 0 bridgehead atoms. The number of rotatable bonds is 10. The van der Waals surface area contributed by atoms with Gasteiger partial charge in [0.25, 0.3) is 0 Å². The number of alkyl carbamates (subject to hydrolysis) is 1. The maximum absolute atomic E-state index is 12.2. The lowest BCUT2D eigenvalue weighted by molar-refractivity contribution is -0.139. The molecule has 8 heteroatoms. The highest BCUT2D eigenvalue weighted by atomic mass is 16.5. The van der Waals surface area contributed by atoms with Gasteiger partial charge in [-0.1, -0.05) is 61.4 Å². The van der Waals surface area contributed by atoms with E-state index < -0.39 is 17.6 Å². The third-order valence-corrected chi connectivity index (χ3v) is 6.55. The van der Waals surface area contributed by atoms with Crippen LogP contribution in [0.5, 0.6) is 0 Å². The lowest BCUT2D eigenvalue weighted by Crippen LogP contribution is -2.49. The zero-order valence-corrected chi connectivity index (χ0v) is 19.0. The van der Waals surface area contributed by atoms with E-state index in [4.69, 9.17) is 14.6 Å². The van der Waals surface area contributed by atoms with E-state index in [1.54, 1.807) is 0 Å². The van der Waals surface area contributed by atoms with Gasteiger partial charge in [0.1, 0.15) is 13.2 Å². The average molecular weight is 467 g/mol. The van der Waals surface area contributed by atoms with Crippen molar-refractivity contribution in [2.75, 3.05) is 26.4 Å². The van der Waals surface area contributed by atoms with Crippen molar-refractivity contribution in [3.8, 4) is 11.1 Å². The second-order valence-electron chi connectivity index (χ2n) is 8.91. The van der Waals surface area contributed by atoms with Crippen LogP contribution in [0.25, 0.3) is 11.1 Å². The third-order valence-electron chi connectivity index (χ3n) is 6.55. The van der Waals surface area contributed by atoms with E-state index in [1.165, 1.54) is 11.1 Å². The molecule has 180 valence electrons. The number of carbonyl (C=O) groups is 3. The number of hydrogen-bond acceptors (Lipinski definition) is 5. The molecule has 2 aromatic carbocycles. The van der Waals surface area contributed by atoms with Crippen molar-refractivity contribution in [3.05, 3.63) is 59.7 Å². The monoisotopic (exact) mass is 466 g/mol. The number of carboxylic acid groups (broad SMARTS) is 1. The van der Waals surface area contributed by atoms with Crippen LogP contribution in [0.2, 0.25) is 0 Å². The van der Waals surface area contributed by atoms with Gasteiger partial charge >= 0.3 is 12.1 Å². The van der Waals surface area contributed by atoms with E-state index in [9.17, 15) is 14.4 Å². The normalized spacial score (nSPS) is 15.9. The van der Waals surface area contributed by atoms with Crippen LogP contribution in [0, 0.1) is 0 Å². The molecule has 2 aliphatic carbocycles. The van der Waals surface area contributed by atoms with E-state index in [2.05, 4.69) is 34.9 Å². The first kappa shape index (κ1) is 23.8. The van der Waals surface area contributed by atoms with Gasteiger partial charge in [-0.15, -0.1) is 0 Å². The molecular weight excluding hydrogens is 436 g/mol. The van der Waals surface area contributed by atoms with Gasteiger partial charge < -0.3 is 25.2 Å². The van der Waals surface area contributed by atoms with Crippen molar-refractivity contribution in [2.24, 2.45) is 0 Å². The predicted octanol–water partition coefficient (Wildman–Crippen LogP) is 3.45. The van der Waals surface area contributed by atoms with E-state index in [1.807, 2.05) is 24.3 Å². The van der Waals surface area contributed by atoms with Crippen LogP contribution in [0.4, 0.5) is 4.79 Å². The van der Waals surface area contributed by atoms with Crippen molar-refractivity contribution < 1.29 is 29.0 Å². The van der Waals surface area contributed by atoms with Crippen molar-refractivity contribution >= 4 is 18.0 Å². The minimum absolute atomic E-state index is 0.00759. The Kier molecular flexibility index (Phi) is 7.47. The van der Waals surface area contributed by atoms with E-state index in [0.29, 0.717) is 12.8 Å². The van der Waals surface area contributed by atoms with Crippen LogP contribution >= 0.6 is 0 Å². The Balaban J connectivity index is 1.17. The second-order valence-corrected chi connectivity index (χ2v) is 8.91. The number of amides is 2. The molecule has 2 amide bonds. The summed E-state index contributed by atoms with van der Waals surface area (Å²) in [7, 11) is 0. The summed E-state index contributed by atoms with van der Waals surface area (Å²) >= 11 is 0. The smallest absolute Gasteiger partial charge is 0.407 e. The number of benzene rings is 2. The highest BCUT2D eigenvalue weighted by molar-refractivity contribution is 5.80.